The molecule has 1 atom stereocenters. The number of halogens is 2. The zero-order chi connectivity index (χ0) is 21.0. The van der Waals surface area contributed by atoms with E-state index in [1.165, 1.54) is 16.4 Å². The summed E-state index contributed by atoms with van der Waals surface area (Å²) in [5, 5.41) is 3.21. The van der Waals surface area contributed by atoms with E-state index in [0.717, 1.165) is 0 Å². The molecule has 0 aromatic heterocycles. The summed E-state index contributed by atoms with van der Waals surface area (Å²) < 4.78 is 41.2. The van der Waals surface area contributed by atoms with Crippen LogP contribution in [0.2, 0.25) is 5.02 Å². The highest BCUT2D eigenvalue weighted by atomic mass is 35.5. The SMILES string of the molecule is Cc1c(Cl)cccc1S(=O)(=O)N1CCCC(C(=O)NCCc2ccccc2F)C1. The second kappa shape index (κ2) is 9.24. The van der Waals surface area contributed by atoms with E-state index in [4.69, 9.17) is 11.6 Å². The number of sulfonamides is 1. The van der Waals surface area contributed by atoms with Crippen molar-refractivity contribution in [2.24, 2.45) is 5.92 Å². The number of hydrogen-bond donors (Lipinski definition) is 1. The summed E-state index contributed by atoms with van der Waals surface area (Å²) in [6.45, 7) is 2.47. The molecule has 2 aromatic rings. The maximum Gasteiger partial charge on any atom is 0.243 e. The normalized spacial score (nSPS) is 17.8. The molecule has 1 amide bonds. The molecule has 5 nitrogen and oxygen atoms in total. The Balaban J connectivity index is 1.63. The minimum absolute atomic E-state index is 0.125. The van der Waals surface area contributed by atoms with Gasteiger partial charge in [-0.2, -0.15) is 4.31 Å². The lowest BCUT2D eigenvalue weighted by molar-refractivity contribution is -0.126. The van der Waals surface area contributed by atoms with E-state index in [0.29, 0.717) is 48.5 Å². The third-order valence-electron chi connectivity index (χ3n) is 5.24. The Hall–Kier alpha value is -1.96. The number of carbonyl (C=O) groups excluding carboxylic acids is 1. The maximum absolute atomic E-state index is 13.7. The monoisotopic (exact) mass is 438 g/mol. The fourth-order valence-electron chi connectivity index (χ4n) is 3.55. The van der Waals surface area contributed by atoms with Crippen molar-refractivity contribution in [1.82, 2.24) is 9.62 Å². The van der Waals surface area contributed by atoms with E-state index in [2.05, 4.69) is 5.32 Å². The van der Waals surface area contributed by atoms with E-state index in [-0.39, 0.29) is 23.2 Å². The fraction of sp³-hybridized carbons (Fsp3) is 0.381. The lowest BCUT2D eigenvalue weighted by Crippen LogP contribution is -2.45. The second-order valence-corrected chi connectivity index (χ2v) is 9.51. The molecule has 0 radical (unpaired) electrons. The standard InChI is InChI=1S/C21H24ClFN2O3S/c1-15-18(22)8-4-10-20(15)29(27,28)25-13-5-7-17(14-25)21(26)24-12-11-16-6-2-3-9-19(16)23/h2-4,6,8-10,17H,5,7,11-14H2,1H3,(H,24,26). The molecular formula is C21H24ClFN2O3S. The van der Waals surface area contributed by atoms with E-state index in [1.807, 2.05) is 0 Å². The molecule has 1 unspecified atom stereocenters. The van der Waals surface area contributed by atoms with Crippen LogP contribution in [0.25, 0.3) is 0 Å². The minimum atomic E-state index is -3.73. The highest BCUT2D eigenvalue weighted by Crippen LogP contribution is 2.28. The molecule has 1 N–H and O–H groups in total. The Morgan fingerprint density at radius 2 is 2.00 bits per heavy atom. The Labute approximate surface area is 175 Å². The first-order valence-corrected chi connectivity index (χ1v) is 11.4. The van der Waals surface area contributed by atoms with Gasteiger partial charge in [-0.1, -0.05) is 35.9 Å². The van der Waals surface area contributed by atoms with Crippen LogP contribution < -0.4 is 5.32 Å². The summed E-state index contributed by atoms with van der Waals surface area (Å²) in [5.74, 6) is -0.934. The highest BCUT2D eigenvalue weighted by Gasteiger charge is 2.34. The van der Waals surface area contributed by atoms with Gasteiger partial charge in [0, 0.05) is 24.7 Å². The summed E-state index contributed by atoms with van der Waals surface area (Å²) >= 11 is 6.08. The predicted octanol–water partition coefficient (Wildman–Crippen LogP) is 3.55. The Morgan fingerprint density at radius 1 is 1.24 bits per heavy atom. The highest BCUT2D eigenvalue weighted by molar-refractivity contribution is 7.89. The van der Waals surface area contributed by atoms with Gasteiger partial charge < -0.3 is 5.32 Å². The van der Waals surface area contributed by atoms with Gasteiger partial charge in [0.2, 0.25) is 15.9 Å². The first-order chi connectivity index (χ1) is 13.8. The zero-order valence-corrected chi connectivity index (χ0v) is 17.8. The number of nitrogens with one attached hydrogen (secondary N) is 1. The molecule has 0 aliphatic carbocycles. The third kappa shape index (κ3) is 4.97. The Bertz CT molecular complexity index is 997. The van der Waals surface area contributed by atoms with Crippen LogP contribution in [0.3, 0.4) is 0 Å². The van der Waals surface area contributed by atoms with Crippen LogP contribution in [0.4, 0.5) is 4.39 Å². The van der Waals surface area contributed by atoms with E-state index in [1.54, 1.807) is 37.3 Å². The summed E-state index contributed by atoms with van der Waals surface area (Å²) in [5.41, 5.74) is 1.04. The first-order valence-electron chi connectivity index (χ1n) is 9.57. The Morgan fingerprint density at radius 3 is 2.76 bits per heavy atom. The summed E-state index contributed by atoms with van der Waals surface area (Å²) in [6, 6.07) is 11.2. The van der Waals surface area contributed by atoms with Crippen molar-refractivity contribution in [3.05, 3.63) is 64.4 Å². The molecule has 1 fully saturated rings. The number of rotatable bonds is 6. The summed E-state index contributed by atoms with van der Waals surface area (Å²) in [4.78, 5) is 12.7. The molecule has 8 heteroatoms. The van der Waals surface area contributed by atoms with E-state index >= 15 is 0 Å². The molecule has 1 aliphatic rings. The number of hydrogen-bond acceptors (Lipinski definition) is 3. The van der Waals surface area contributed by atoms with Crippen molar-refractivity contribution in [3.8, 4) is 0 Å². The van der Waals surface area contributed by atoms with Crippen molar-refractivity contribution in [3.63, 3.8) is 0 Å². The first kappa shape index (κ1) is 21.7. The van der Waals surface area contributed by atoms with Gasteiger partial charge >= 0.3 is 0 Å². The summed E-state index contributed by atoms with van der Waals surface area (Å²) in [6.07, 6.45) is 1.60. The van der Waals surface area contributed by atoms with Crippen LogP contribution in [-0.4, -0.2) is 38.3 Å². The fourth-order valence-corrected chi connectivity index (χ4v) is 5.55. The lowest BCUT2D eigenvalue weighted by atomic mass is 9.99. The van der Waals surface area contributed by atoms with Crippen LogP contribution in [0, 0.1) is 18.7 Å². The van der Waals surface area contributed by atoms with Crippen molar-refractivity contribution in [2.75, 3.05) is 19.6 Å². The molecule has 3 rings (SSSR count). The molecular weight excluding hydrogens is 415 g/mol. The molecule has 2 aromatic carbocycles. The minimum Gasteiger partial charge on any atom is -0.355 e. The molecule has 1 heterocycles. The molecule has 29 heavy (non-hydrogen) atoms. The van der Waals surface area contributed by atoms with Gasteiger partial charge in [0.25, 0.3) is 0 Å². The van der Waals surface area contributed by atoms with Gasteiger partial charge in [-0.25, -0.2) is 12.8 Å². The quantitative estimate of drug-likeness (QED) is 0.750. The van der Waals surface area contributed by atoms with E-state index < -0.39 is 15.9 Å². The molecule has 0 spiro atoms. The van der Waals surface area contributed by atoms with Crippen LogP contribution in [0.1, 0.15) is 24.0 Å². The van der Waals surface area contributed by atoms with Gasteiger partial charge in [0.1, 0.15) is 5.82 Å². The van der Waals surface area contributed by atoms with Gasteiger partial charge in [-0.15, -0.1) is 0 Å². The number of nitrogens with zero attached hydrogens (tertiary/aromatic N) is 1. The van der Waals surface area contributed by atoms with Crippen LogP contribution in [0.5, 0.6) is 0 Å². The van der Waals surface area contributed by atoms with Crippen LogP contribution in [-0.2, 0) is 21.2 Å². The molecule has 156 valence electrons. The number of amides is 1. The number of carbonyl (C=O) groups is 1. The van der Waals surface area contributed by atoms with Crippen molar-refractivity contribution in [1.29, 1.82) is 0 Å². The predicted molar refractivity (Wildman–Crippen MR) is 111 cm³/mol. The van der Waals surface area contributed by atoms with Crippen LogP contribution in [0.15, 0.2) is 47.4 Å². The smallest absolute Gasteiger partial charge is 0.243 e. The van der Waals surface area contributed by atoms with Gasteiger partial charge in [0.05, 0.1) is 10.8 Å². The summed E-state index contributed by atoms with van der Waals surface area (Å²) in [7, 11) is -3.73. The number of benzene rings is 2. The molecule has 1 saturated heterocycles. The van der Waals surface area contributed by atoms with Gasteiger partial charge in [-0.3, -0.25) is 4.79 Å². The average molecular weight is 439 g/mol. The van der Waals surface area contributed by atoms with Crippen molar-refractivity contribution < 1.29 is 17.6 Å². The van der Waals surface area contributed by atoms with Gasteiger partial charge in [-0.05, 0) is 55.5 Å². The zero-order valence-electron chi connectivity index (χ0n) is 16.2. The van der Waals surface area contributed by atoms with E-state index in [9.17, 15) is 17.6 Å². The number of piperidine rings is 1. The second-order valence-electron chi connectivity index (χ2n) is 7.20. The van der Waals surface area contributed by atoms with Crippen LogP contribution >= 0.6 is 11.6 Å². The third-order valence-corrected chi connectivity index (χ3v) is 7.66. The largest absolute Gasteiger partial charge is 0.355 e. The molecule has 0 saturated carbocycles. The van der Waals surface area contributed by atoms with Crippen molar-refractivity contribution >= 4 is 27.5 Å². The molecule has 1 aliphatic heterocycles. The maximum atomic E-state index is 13.7. The lowest BCUT2D eigenvalue weighted by Gasteiger charge is -2.31. The molecule has 0 bridgehead atoms. The average Bonchev–Trinajstić information content (AvgIpc) is 2.71. The van der Waals surface area contributed by atoms with Crippen molar-refractivity contribution in [2.45, 2.75) is 31.1 Å². The topological polar surface area (TPSA) is 66.5 Å². The Kier molecular flexibility index (Phi) is 6.93. The van der Waals surface area contributed by atoms with Gasteiger partial charge in [0.15, 0.2) is 0 Å².